The van der Waals surface area contributed by atoms with Gasteiger partial charge in [0.15, 0.2) is 5.96 Å². The van der Waals surface area contributed by atoms with Crippen molar-refractivity contribution in [3.63, 3.8) is 0 Å². The van der Waals surface area contributed by atoms with E-state index in [1.807, 2.05) is 26.0 Å². The van der Waals surface area contributed by atoms with Gasteiger partial charge in [0, 0.05) is 26.7 Å². The molecular weight excluding hydrogens is 514 g/mol. The molecule has 31 heavy (non-hydrogen) atoms. The maximum atomic E-state index is 13.0. The van der Waals surface area contributed by atoms with Crippen LogP contribution in [0.5, 0.6) is 5.75 Å². The Balaban J connectivity index is 0.00000341. The van der Waals surface area contributed by atoms with Gasteiger partial charge in [0.1, 0.15) is 29.2 Å². The first-order chi connectivity index (χ1) is 14.5. The maximum absolute atomic E-state index is 13.0. The van der Waals surface area contributed by atoms with E-state index in [1.165, 1.54) is 12.1 Å². The van der Waals surface area contributed by atoms with Crippen molar-refractivity contribution in [1.29, 1.82) is 0 Å². The standard InChI is InChI=1S/C22H31FN4O3.HI/c1-16-4-9-21(30-16)20(27-10-12-28-13-11-27)15-26-22(24-3)25-14-17(2)29-19-7-5-18(23)6-8-19;/h4-9,17,20H,10-15H2,1-3H3,(H2,24,25,26);1H. The third-order valence-electron chi connectivity index (χ3n) is 4.97. The maximum Gasteiger partial charge on any atom is 0.191 e. The van der Waals surface area contributed by atoms with Crippen molar-refractivity contribution in [2.24, 2.45) is 4.99 Å². The second-order valence-corrected chi connectivity index (χ2v) is 7.33. The number of morpholine rings is 1. The van der Waals surface area contributed by atoms with Crippen molar-refractivity contribution in [2.75, 3.05) is 46.4 Å². The fourth-order valence-corrected chi connectivity index (χ4v) is 3.37. The average molecular weight is 546 g/mol. The smallest absolute Gasteiger partial charge is 0.191 e. The number of aliphatic imine (C=N–C) groups is 1. The molecule has 1 aromatic heterocycles. The van der Waals surface area contributed by atoms with Gasteiger partial charge < -0.3 is 24.5 Å². The third-order valence-corrected chi connectivity index (χ3v) is 4.97. The minimum absolute atomic E-state index is 0. The Morgan fingerprint density at radius 2 is 1.81 bits per heavy atom. The molecule has 3 rings (SSSR count). The van der Waals surface area contributed by atoms with Gasteiger partial charge in [0.05, 0.1) is 25.8 Å². The largest absolute Gasteiger partial charge is 0.489 e. The summed E-state index contributed by atoms with van der Waals surface area (Å²) in [5.41, 5.74) is 0. The van der Waals surface area contributed by atoms with E-state index in [0.717, 1.165) is 37.8 Å². The molecule has 0 amide bonds. The zero-order chi connectivity index (χ0) is 21.3. The second-order valence-electron chi connectivity index (χ2n) is 7.33. The topological polar surface area (TPSA) is 71.3 Å². The normalized spacial score (nSPS) is 16.8. The van der Waals surface area contributed by atoms with Crippen molar-refractivity contribution in [3.8, 4) is 5.75 Å². The van der Waals surface area contributed by atoms with E-state index in [-0.39, 0.29) is 41.9 Å². The first-order valence-corrected chi connectivity index (χ1v) is 10.3. The number of hydrogen-bond donors (Lipinski definition) is 2. The number of ether oxygens (including phenoxy) is 2. The Morgan fingerprint density at radius 1 is 1.13 bits per heavy atom. The van der Waals surface area contributed by atoms with Crippen LogP contribution in [0.1, 0.15) is 24.5 Å². The van der Waals surface area contributed by atoms with Crippen LogP contribution in [0.4, 0.5) is 4.39 Å². The minimum Gasteiger partial charge on any atom is -0.489 e. The van der Waals surface area contributed by atoms with Crippen LogP contribution in [0.3, 0.4) is 0 Å². The van der Waals surface area contributed by atoms with Gasteiger partial charge in [0.25, 0.3) is 0 Å². The second kappa shape index (κ2) is 12.9. The van der Waals surface area contributed by atoms with Crippen LogP contribution >= 0.6 is 24.0 Å². The van der Waals surface area contributed by atoms with Crippen molar-refractivity contribution in [3.05, 3.63) is 53.7 Å². The van der Waals surface area contributed by atoms with Crippen molar-refractivity contribution < 1.29 is 18.3 Å². The number of furan rings is 1. The van der Waals surface area contributed by atoms with E-state index in [0.29, 0.717) is 24.8 Å². The molecule has 2 N–H and O–H groups in total. The Kier molecular flexibility index (Phi) is 10.6. The summed E-state index contributed by atoms with van der Waals surface area (Å²) < 4.78 is 30.2. The van der Waals surface area contributed by atoms with Crippen LogP contribution in [0, 0.1) is 12.7 Å². The minimum atomic E-state index is -0.278. The molecule has 7 nitrogen and oxygen atoms in total. The molecule has 0 aliphatic carbocycles. The van der Waals surface area contributed by atoms with Gasteiger partial charge >= 0.3 is 0 Å². The molecule has 0 spiro atoms. The van der Waals surface area contributed by atoms with Crippen LogP contribution in [0.2, 0.25) is 0 Å². The summed E-state index contributed by atoms with van der Waals surface area (Å²) in [6.07, 6.45) is -0.114. The molecular formula is C22H32FIN4O3. The van der Waals surface area contributed by atoms with Gasteiger partial charge in [0.2, 0.25) is 0 Å². The molecule has 1 aliphatic rings. The van der Waals surface area contributed by atoms with Crippen LogP contribution in [0.15, 0.2) is 45.8 Å². The molecule has 2 atom stereocenters. The third kappa shape index (κ3) is 7.97. The van der Waals surface area contributed by atoms with E-state index in [2.05, 4.69) is 20.5 Å². The highest BCUT2D eigenvalue weighted by atomic mass is 127. The predicted octanol–water partition coefficient (Wildman–Crippen LogP) is 3.35. The molecule has 2 unspecified atom stereocenters. The number of guanidine groups is 1. The molecule has 2 heterocycles. The van der Waals surface area contributed by atoms with Crippen LogP contribution in [-0.2, 0) is 4.74 Å². The van der Waals surface area contributed by atoms with E-state index in [4.69, 9.17) is 13.9 Å². The Labute approximate surface area is 200 Å². The van der Waals surface area contributed by atoms with Crippen molar-refractivity contribution in [2.45, 2.75) is 26.0 Å². The average Bonchev–Trinajstić information content (AvgIpc) is 3.19. The molecule has 1 aliphatic heterocycles. The lowest BCUT2D eigenvalue weighted by molar-refractivity contribution is 0.0124. The summed E-state index contributed by atoms with van der Waals surface area (Å²) in [4.78, 5) is 6.67. The van der Waals surface area contributed by atoms with Crippen molar-refractivity contribution >= 4 is 29.9 Å². The molecule has 9 heteroatoms. The summed E-state index contributed by atoms with van der Waals surface area (Å²) >= 11 is 0. The summed E-state index contributed by atoms with van der Waals surface area (Å²) in [6, 6.07) is 10.1. The quantitative estimate of drug-likeness (QED) is 0.301. The first-order valence-electron chi connectivity index (χ1n) is 10.3. The Morgan fingerprint density at radius 3 is 2.42 bits per heavy atom. The highest BCUT2D eigenvalue weighted by Crippen LogP contribution is 2.23. The summed E-state index contributed by atoms with van der Waals surface area (Å²) in [6.45, 7) is 8.28. The predicted molar refractivity (Wildman–Crippen MR) is 130 cm³/mol. The molecule has 0 bridgehead atoms. The van der Waals surface area contributed by atoms with E-state index in [1.54, 1.807) is 19.2 Å². The lowest BCUT2D eigenvalue weighted by Crippen LogP contribution is -2.47. The van der Waals surface area contributed by atoms with Gasteiger partial charge in [-0.15, -0.1) is 24.0 Å². The first kappa shape index (κ1) is 25.4. The zero-order valence-electron chi connectivity index (χ0n) is 18.3. The van der Waals surface area contributed by atoms with Gasteiger partial charge in [-0.2, -0.15) is 0 Å². The van der Waals surface area contributed by atoms with E-state index < -0.39 is 0 Å². The highest BCUT2D eigenvalue weighted by Gasteiger charge is 2.25. The van der Waals surface area contributed by atoms with Gasteiger partial charge in [-0.1, -0.05) is 0 Å². The summed E-state index contributed by atoms with van der Waals surface area (Å²) in [5.74, 6) is 2.88. The molecule has 0 saturated carbocycles. The number of aryl methyl sites for hydroxylation is 1. The fourth-order valence-electron chi connectivity index (χ4n) is 3.37. The van der Waals surface area contributed by atoms with Crippen LogP contribution < -0.4 is 15.4 Å². The summed E-state index contributed by atoms with van der Waals surface area (Å²) in [7, 11) is 1.74. The zero-order valence-corrected chi connectivity index (χ0v) is 20.6. The molecule has 1 fully saturated rings. The van der Waals surface area contributed by atoms with Crippen LogP contribution in [-0.4, -0.2) is 63.4 Å². The number of hydrogen-bond acceptors (Lipinski definition) is 5. The number of halogens is 2. The number of rotatable bonds is 8. The monoisotopic (exact) mass is 546 g/mol. The van der Waals surface area contributed by atoms with Gasteiger partial charge in [-0.05, 0) is 50.2 Å². The lowest BCUT2D eigenvalue weighted by Gasteiger charge is -2.33. The highest BCUT2D eigenvalue weighted by molar-refractivity contribution is 14.0. The van der Waals surface area contributed by atoms with Crippen LogP contribution in [0.25, 0.3) is 0 Å². The molecule has 1 saturated heterocycles. The van der Waals surface area contributed by atoms with Gasteiger partial charge in [-0.3, -0.25) is 9.89 Å². The summed E-state index contributed by atoms with van der Waals surface area (Å²) in [5, 5.41) is 6.67. The lowest BCUT2D eigenvalue weighted by atomic mass is 10.1. The number of nitrogens with one attached hydrogen (secondary N) is 2. The Hall–Kier alpha value is -1.85. The fraction of sp³-hybridized carbons (Fsp3) is 0.500. The molecule has 0 radical (unpaired) electrons. The molecule has 172 valence electrons. The van der Waals surface area contributed by atoms with Crippen molar-refractivity contribution in [1.82, 2.24) is 15.5 Å². The number of nitrogens with zero attached hydrogens (tertiary/aromatic N) is 2. The molecule has 2 aromatic rings. The SMILES string of the molecule is CN=C(NCC(C)Oc1ccc(F)cc1)NCC(c1ccc(C)o1)N1CCOCC1.I. The molecule has 1 aromatic carbocycles. The van der Waals surface area contributed by atoms with E-state index in [9.17, 15) is 4.39 Å². The van der Waals surface area contributed by atoms with E-state index >= 15 is 0 Å². The van der Waals surface area contributed by atoms with Gasteiger partial charge in [-0.25, -0.2) is 4.39 Å². The Bertz CT molecular complexity index is 809. The number of benzene rings is 1.